The van der Waals surface area contributed by atoms with Crippen LogP contribution in [0.15, 0.2) is 19.5 Å². The number of hydrogen-bond donors (Lipinski definition) is 2. The summed E-state index contributed by atoms with van der Waals surface area (Å²) in [5, 5.41) is 9.69. The lowest BCUT2D eigenvalue weighted by atomic mass is 10.1. The molecule has 2 nitrogen and oxygen atoms in total. The Morgan fingerprint density at radius 1 is 1.33 bits per heavy atom. The van der Waals surface area contributed by atoms with E-state index >= 15 is 0 Å². The van der Waals surface area contributed by atoms with E-state index in [2.05, 4.69) is 47.8 Å². The topological polar surface area (TPSA) is 46.2 Å². The fourth-order valence-corrected chi connectivity index (χ4v) is 3.85. The van der Waals surface area contributed by atoms with Crippen LogP contribution >= 0.6 is 60.2 Å². The highest BCUT2D eigenvalue weighted by molar-refractivity contribution is 9.11. The molecule has 0 unspecified atom stereocenters. The molecule has 0 spiro atoms. The number of halogens is 4. The zero-order chi connectivity index (χ0) is 10.9. The lowest BCUT2D eigenvalue weighted by Gasteiger charge is -2.15. The number of benzene rings is 1. The van der Waals surface area contributed by atoms with Crippen LogP contribution in [0, 0.1) is 0 Å². The number of rotatable bonds is 2. The molecule has 0 bridgehead atoms. The Labute approximate surface area is 120 Å². The van der Waals surface area contributed by atoms with Gasteiger partial charge in [-0.25, -0.2) is 0 Å². The van der Waals surface area contributed by atoms with E-state index in [9.17, 15) is 5.11 Å². The molecule has 0 aliphatic heterocycles. The number of aromatic hydroxyl groups is 1. The van der Waals surface area contributed by atoms with Crippen LogP contribution in [-0.4, -0.2) is 5.11 Å². The van der Waals surface area contributed by atoms with Gasteiger partial charge in [-0.2, -0.15) is 0 Å². The van der Waals surface area contributed by atoms with Crippen LogP contribution in [0.4, 0.5) is 0 Å². The molecule has 1 aromatic carbocycles. The average Bonchev–Trinajstić information content (AvgIpc) is 2.14. The van der Waals surface area contributed by atoms with Crippen LogP contribution in [0.1, 0.15) is 24.9 Å². The number of nitrogens with two attached hydrogens (primary N) is 1. The molecule has 0 fully saturated rings. The van der Waals surface area contributed by atoms with Crippen LogP contribution in [0.25, 0.3) is 0 Å². The van der Waals surface area contributed by atoms with E-state index in [1.54, 1.807) is 6.07 Å². The Morgan fingerprint density at radius 3 is 2.33 bits per heavy atom. The Kier molecular flexibility index (Phi) is 6.75. The van der Waals surface area contributed by atoms with Crippen molar-refractivity contribution in [3.8, 4) is 5.75 Å². The molecule has 0 aliphatic carbocycles. The predicted molar refractivity (Wildman–Crippen MR) is 75.7 cm³/mol. The van der Waals surface area contributed by atoms with Crippen LogP contribution in [0.5, 0.6) is 5.75 Å². The third kappa shape index (κ3) is 3.33. The summed E-state index contributed by atoms with van der Waals surface area (Å²) in [6.07, 6.45) is 0.818. The van der Waals surface area contributed by atoms with Crippen molar-refractivity contribution < 1.29 is 5.11 Å². The molecule has 0 saturated heterocycles. The van der Waals surface area contributed by atoms with Gasteiger partial charge in [-0.15, -0.1) is 12.4 Å². The van der Waals surface area contributed by atoms with Gasteiger partial charge in [0.25, 0.3) is 0 Å². The van der Waals surface area contributed by atoms with Crippen molar-refractivity contribution in [3.05, 3.63) is 25.0 Å². The SMILES string of the molecule is CC[C@H](N)c1c(Br)cc(Br)c(O)c1Br.Cl. The van der Waals surface area contributed by atoms with Gasteiger partial charge in [-0.3, -0.25) is 0 Å². The highest BCUT2D eigenvalue weighted by Crippen LogP contribution is 2.42. The first-order valence-corrected chi connectivity index (χ1v) is 6.48. The quantitative estimate of drug-likeness (QED) is 0.734. The minimum atomic E-state index is -0.0854. The average molecular weight is 424 g/mol. The van der Waals surface area contributed by atoms with E-state index in [0.29, 0.717) is 8.95 Å². The molecule has 0 amide bonds. The van der Waals surface area contributed by atoms with Crippen molar-refractivity contribution in [2.75, 3.05) is 0 Å². The van der Waals surface area contributed by atoms with Gasteiger partial charge in [0.2, 0.25) is 0 Å². The Hall–Kier alpha value is 0.710. The molecular weight excluding hydrogens is 413 g/mol. The van der Waals surface area contributed by atoms with Crippen molar-refractivity contribution in [2.24, 2.45) is 5.73 Å². The Bertz CT molecular complexity index is 360. The first-order valence-electron chi connectivity index (χ1n) is 4.11. The summed E-state index contributed by atoms with van der Waals surface area (Å²) in [4.78, 5) is 0. The van der Waals surface area contributed by atoms with E-state index < -0.39 is 0 Å². The third-order valence-electron chi connectivity index (χ3n) is 1.99. The van der Waals surface area contributed by atoms with Crippen molar-refractivity contribution in [2.45, 2.75) is 19.4 Å². The molecule has 0 heterocycles. The largest absolute Gasteiger partial charge is 0.506 e. The van der Waals surface area contributed by atoms with E-state index in [0.717, 1.165) is 16.5 Å². The second-order valence-corrected chi connectivity index (χ2v) is 5.43. The van der Waals surface area contributed by atoms with E-state index in [1.165, 1.54) is 0 Å². The molecular formula is C9H11Br3ClNO. The van der Waals surface area contributed by atoms with Crippen molar-refractivity contribution in [3.63, 3.8) is 0 Å². The Balaban J connectivity index is 0.00000196. The summed E-state index contributed by atoms with van der Waals surface area (Å²) >= 11 is 10.0. The maximum absolute atomic E-state index is 9.69. The van der Waals surface area contributed by atoms with Gasteiger partial charge in [0, 0.05) is 16.1 Å². The summed E-state index contributed by atoms with van der Waals surface area (Å²) in [6.45, 7) is 2.00. The van der Waals surface area contributed by atoms with Crippen molar-refractivity contribution >= 4 is 60.2 Å². The summed E-state index contributed by atoms with van der Waals surface area (Å²) in [5.74, 6) is 0.187. The van der Waals surface area contributed by atoms with Crippen LogP contribution in [0.2, 0.25) is 0 Å². The highest BCUT2D eigenvalue weighted by Gasteiger charge is 2.17. The van der Waals surface area contributed by atoms with E-state index in [1.807, 2.05) is 6.92 Å². The smallest absolute Gasteiger partial charge is 0.144 e. The molecule has 0 radical (unpaired) electrons. The monoisotopic (exact) mass is 421 g/mol. The molecule has 0 saturated carbocycles. The maximum Gasteiger partial charge on any atom is 0.144 e. The van der Waals surface area contributed by atoms with Crippen molar-refractivity contribution in [1.29, 1.82) is 0 Å². The van der Waals surface area contributed by atoms with Gasteiger partial charge in [0.15, 0.2) is 0 Å². The Morgan fingerprint density at radius 2 is 1.87 bits per heavy atom. The second-order valence-electron chi connectivity index (χ2n) is 2.93. The molecule has 3 N–H and O–H groups in total. The second kappa shape index (κ2) is 6.45. The van der Waals surface area contributed by atoms with E-state index in [4.69, 9.17) is 5.73 Å². The molecule has 0 aromatic heterocycles. The maximum atomic E-state index is 9.69. The number of phenolic OH excluding ortho intramolecular Hbond substituents is 1. The molecule has 1 aromatic rings. The summed E-state index contributed by atoms with van der Waals surface area (Å²) in [5.41, 5.74) is 6.82. The normalized spacial score (nSPS) is 12.1. The summed E-state index contributed by atoms with van der Waals surface area (Å²) in [7, 11) is 0. The zero-order valence-corrected chi connectivity index (χ0v) is 13.5. The first kappa shape index (κ1) is 15.7. The number of phenols is 1. The summed E-state index contributed by atoms with van der Waals surface area (Å²) in [6, 6.07) is 1.71. The molecule has 86 valence electrons. The van der Waals surface area contributed by atoms with Gasteiger partial charge in [-0.1, -0.05) is 22.9 Å². The van der Waals surface area contributed by atoms with Crippen LogP contribution < -0.4 is 5.73 Å². The minimum Gasteiger partial charge on any atom is -0.506 e. The van der Waals surface area contributed by atoms with Gasteiger partial charge >= 0.3 is 0 Å². The zero-order valence-electron chi connectivity index (χ0n) is 7.93. The molecule has 6 heteroatoms. The number of hydrogen-bond acceptors (Lipinski definition) is 2. The first-order chi connectivity index (χ1) is 6.49. The van der Waals surface area contributed by atoms with Gasteiger partial charge in [0.1, 0.15) is 5.75 Å². The van der Waals surface area contributed by atoms with Crippen molar-refractivity contribution in [1.82, 2.24) is 0 Å². The van der Waals surface area contributed by atoms with Crippen LogP contribution in [-0.2, 0) is 0 Å². The fourth-order valence-electron chi connectivity index (χ4n) is 1.14. The lowest BCUT2D eigenvalue weighted by molar-refractivity contribution is 0.466. The van der Waals surface area contributed by atoms with Gasteiger partial charge < -0.3 is 10.8 Å². The highest BCUT2D eigenvalue weighted by atomic mass is 79.9. The van der Waals surface area contributed by atoms with Gasteiger partial charge in [0.05, 0.1) is 8.95 Å². The fraction of sp³-hybridized carbons (Fsp3) is 0.333. The minimum absolute atomic E-state index is 0. The van der Waals surface area contributed by atoms with Crippen LogP contribution in [0.3, 0.4) is 0 Å². The summed E-state index contributed by atoms with van der Waals surface area (Å²) < 4.78 is 2.18. The molecule has 15 heavy (non-hydrogen) atoms. The van der Waals surface area contributed by atoms with Gasteiger partial charge in [-0.05, 0) is 44.3 Å². The molecule has 1 atom stereocenters. The lowest BCUT2D eigenvalue weighted by Crippen LogP contribution is -2.10. The predicted octanol–water partition coefficient (Wildman–Crippen LogP) is 4.51. The van der Waals surface area contributed by atoms with E-state index in [-0.39, 0.29) is 24.2 Å². The molecule has 0 aliphatic rings. The standard InChI is InChI=1S/C9H10Br3NO.ClH/c1-2-6(13)7-4(10)3-5(11)9(14)8(7)12;/h3,6,14H,2,13H2,1H3;1H/t6-;/m0./s1. The third-order valence-corrected chi connectivity index (χ3v) is 4.06. The molecule has 1 rings (SSSR count).